The zero-order valence-corrected chi connectivity index (χ0v) is 11.4. The number of nitrogens with zero attached hydrogens (tertiary/aromatic N) is 1. The third kappa shape index (κ3) is 2.63. The SMILES string of the molecule is CC1=CN(c2cc(C)cc(C(C)(C)C)c2)CO1. The molecule has 0 N–H and O–H groups in total. The van der Waals surface area contributed by atoms with Gasteiger partial charge in [-0.2, -0.15) is 0 Å². The van der Waals surface area contributed by atoms with Crippen LogP contribution in [-0.4, -0.2) is 6.73 Å². The maximum Gasteiger partial charge on any atom is 0.164 e. The highest BCUT2D eigenvalue weighted by molar-refractivity contribution is 5.55. The van der Waals surface area contributed by atoms with E-state index in [-0.39, 0.29) is 5.41 Å². The van der Waals surface area contributed by atoms with Gasteiger partial charge in [-0.25, -0.2) is 0 Å². The van der Waals surface area contributed by atoms with E-state index in [1.807, 2.05) is 6.92 Å². The molecule has 17 heavy (non-hydrogen) atoms. The minimum Gasteiger partial charge on any atom is -0.476 e. The first kappa shape index (κ1) is 12.0. The highest BCUT2D eigenvalue weighted by atomic mass is 16.5. The molecule has 0 aliphatic carbocycles. The van der Waals surface area contributed by atoms with E-state index in [1.165, 1.54) is 16.8 Å². The van der Waals surface area contributed by atoms with Crippen LogP contribution in [0.25, 0.3) is 0 Å². The van der Waals surface area contributed by atoms with Crippen LogP contribution in [0.3, 0.4) is 0 Å². The van der Waals surface area contributed by atoms with Crippen LogP contribution in [0.4, 0.5) is 5.69 Å². The lowest BCUT2D eigenvalue weighted by atomic mass is 9.86. The van der Waals surface area contributed by atoms with Crippen molar-refractivity contribution in [2.75, 3.05) is 11.6 Å². The van der Waals surface area contributed by atoms with Gasteiger partial charge in [0.1, 0.15) is 5.76 Å². The molecule has 1 aliphatic heterocycles. The Hall–Kier alpha value is -1.44. The molecule has 0 unspecified atom stereocenters. The van der Waals surface area contributed by atoms with Crippen molar-refractivity contribution in [1.29, 1.82) is 0 Å². The Kier molecular flexibility index (Phi) is 2.90. The Morgan fingerprint density at radius 1 is 1.12 bits per heavy atom. The first-order valence-corrected chi connectivity index (χ1v) is 6.06. The Bertz CT molecular complexity index is 454. The lowest BCUT2D eigenvalue weighted by molar-refractivity contribution is 0.247. The first-order chi connectivity index (χ1) is 7.86. The van der Waals surface area contributed by atoms with Gasteiger partial charge in [-0.3, -0.25) is 0 Å². The molecule has 0 spiro atoms. The number of aryl methyl sites for hydroxylation is 1. The standard InChI is InChI=1S/C15H21NO/c1-11-6-13(15(3,4)5)8-14(7-11)16-9-12(2)17-10-16/h6-9H,10H2,1-5H3. The predicted molar refractivity (Wildman–Crippen MR) is 72.1 cm³/mol. The molecule has 0 saturated heterocycles. The molecule has 1 aliphatic rings. The quantitative estimate of drug-likeness (QED) is 0.725. The third-order valence-electron chi connectivity index (χ3n) is 3.03. The average Bonchev–Trinajstić information content (AvgIpc) is 2.62. The van der Waals surface area contributed by atoms with E-state index in [1.54, 1.807) is 0 Å². The number of ether oxygens (including phenoxy) is 1. The van der Waals surface area contributed by atoms with Crippen molar-refractivity contribution >= 4 is 5.69 Å². The molecule has 1 heterocycles. The molecule has 0 radical (unpaired) electrons. The topological polar surface area (TPSA) is 12.5 Å². The van der Waals surface area contributed by atoms with Gasteiger partial charge >= 0.3 is 0 Å². The number of allylic oxidation sites excluding steroid dienone is 1. The fraction of sp³-hybridized carbons (Fsp3) is 0.467. The molecular formula is C15H21NO. The lowest BCUT2D eigenvalue weighted by Gasteiger charge is -2.23. The highest BCUT2D eigenvalue weighted by Gasteiger charge is 2.18. The molecule has 0 aromatic heterocycles. The van der Waals surface area contributed by atoms with Gasteiger partial charge < -0.3 is 9.64 Å². The number of rotatable bonds is 1. The van der Waals surface area contributed by atoms with Gasteiger partial charge in [0.15, 0.2) is 6.73 Å². The van der Waals surface area contributed by atoms with Gasteiger partial charge in [0.25, 0.3) is 0 Å². The molecule has 1 aromatic carbocycles. The Labute approximate surface area is 104 Å². The smallest absolute Gasteiger partial charge is 0.164 e. The van der Waals surface area contributed by atoms with Crippen LogP contribution in [-0.2, 0) is 10.2 Å². The van der Waals surface area contributed by atoms with Crippen molar-refractivity contribution in [2.45, 2.75) is 40.0 Å². The van der Waals surface area contributed by atoms with E-state index in [4.69, 9.17) is 4.74 Å². The molecule has 2 rings (SSSR count). The zero-order valence-electron chi connectivity index (χ0n) is 11.4. The summed E-state index contributed by atoms with van der Waals surface area (Å²) in [7, 11) is 0. The zero-order chi connectivity index (χ0) is 12.6. The van der Waals surface area contributed by atoms with Crippen LogP contribution < -0.4 is 4.90 Å². The van der Waals surface area contributed by atoms with Crippen LogP contribution in [0.2, 0.25) is 0 Å². The summed E-state index contributed by atoms with van der Waals surface area (Å²) in [6, 6.07) is 6.72. The molecule has 2 heteroatoms. The van der Waals surface area contributed by atoms with Crippen LogP contribution in [0, 0.1) is 6.92 Å². The van der Waals surface area contributed by atoms with Crippen LogP contribution in [0.15, 0.2) is 30.2 Å². The number of hydrogen-bond acceptors (Lipinski definition) is 2. The second-order valence-electron chi connectivity index (χ2n) is 5.79. The molecule has 0 atom stereocenters. The van der Waals surface area contributed by atoms with Crippen molar-refractivity contribution in [3.05, 3.63) is 41.3 Å². The van der Waals surface area contributed by atoms with Crippen LogP contribution in [0.5, 0.6) is 0 Å². The summed E-state index contributed by atoms with van der Waals surface area (Å²) in [6.45, 7) is 11.5. The van der Waals surface area contributed by atoms with Crippen molar-refractivity contribution < 1.29 is 4.74 Å². The summed E-state index contributed by atoms with van der Waals surface area (Å²) in [5.41, 5.74) is 4.06. The summed E-state index contributed by atoms with van der Waals surface area (Å²) in [4.78, 5) is 2.15. The number of benzene rings is 1. The molecule has 1 aromatic rings. The second kappa shape index (κ2) is 4.10. The van der Waals surface area contributed by atoms with E-state index >= 15 is 0 Å². The average molecular weight is 231 g/mol. The van der Waals surface area contributed by atoms with Crippen molar-refractivity contribution in [2.24, 2.45) is 0 Å². The highest BCUT2D eigenvalue weighted by Crippen LogP contribution is 2.29. The van der Waals surface area contributed by atoms with E-state index in [0.717, 1.165) is 5.76 Å². The summed E-state index contributed by atoms with van der Waals surface area (Å²) >= 11 is 0. The van der Waals surface area contributed by atoms with Crippen LogP contribution in [0.1, 0.15) is 38.8 Å². The Morgan fingerprint density at radius 2 is 1.82 bits per heavy atom. The van der Waals surface area contributed by atoms with E-state index in [9.17, 15) is 0 Å². The molecular weight excluding hydrogens is 210 g/mol. The van der Waals surface area contributed by atoms with E-state index in [2.05, 4.69) is 57.0 Å². The summed E-state index contributed by atoms with van der Waals surface area (Å²) < 4.78 is 5.47. The van der Waals surface area contributed by atoms with Gasteiger partial charge in [-0.15, -0.1) is 0 Å². The van der Waals surface area contributed by atoms with Gasteiger partial charge in [0.2, 0.25) is 0 Å². The maximum absolute atomic E-state index is 5.47. The Morgan fingerprint density at radius 3 is 2.35 bits per heavy atom. The van der Waals surface area contributed by atoms with E-state index in [0.29, 0.717) is 6.73 Å². The predicted octanol–water partition coefficient (Wildman–Crippen LogP) is 3.95. The minimum absolute atomic E-state index is 0.181. The Balaban J connectivity index is 2.39. The number of hydrogen-bond donors (Lipinski definition) is 0. The minimum atomic E-state index is 0.181. The molecule has 0 fully saturated rings. The summed E-state index contributed by atoms with van der Waals surface area (Å²) in [6.07, 6.45) is 2.06. The van der Waals surface area contributed by atoms with Gasteiger partial charge in [-0.05, 0) is 42.5 Å². The van der Waals surface area contributed by atoms with Crippen LogP contribution >= 0.6 is 0 Å². The summed E-state index contributed by atoms with van der Waals surface area (Å²) in [5, 5.41) is 0. The van der Waals surface area contributed by atoms with Gasteiger partial charge in [-0.1, -0.05) is 26.8 Å². The number of anilines is 1. The fourth-order valence-corrected chi connectivity index (χ4v) is 1.98. The summed E-state index contributed by atoms with van der Waals surface area (Å²) in [5.74, 6) is 0.976. The molecule has 0 saturated carbocycles. The molecule has 0 amide bonds. The van der Waals surface area contributed by atoms with Gasteiger partial charge in [0.05, 0.1) is 0 Å². The first-order valence-electron chi connectivity index (χ1n) is 6.06. The van der Waals surface area contributed by atoms with Gasteiger partial charge in [0, 0.05) is 11.9 Å². The lowest BCUT2D eigenvalue weighted by Crippen LogP contribution is -2.16. The van der Waals surface area contributed by atoms with E-state index < -0.39 is 0 Å². The largest absolute Gasteiger partial charge is 0.476 e. The van der Waals surface area contributed by atoms with Crippen molar-refractivity contribution in [3.63, 3.8) is 0 Å². The molecule has 92 valence electrons. The molecule has 0 bridgehead atoms. The fourth-order valence-electron chi connectivity index (χ4n) is 1.98. The second-order valence-corrected chi connectivity index (χ2v) is 5.79. The monoisotopic (exact) mass is 231 g/mol. The van der Waals surface area contributed by atoms with Crippen molar-refractivity contribution in [3.8, 4) is 0 Å². The maximum atomic E-state index is 5.47. The normalized spacial score (nSPS) is 15.8. The molecule has 2 nitrogen and oxygen atoms in total. The third-order valence-corrected chi connectivity index (χ3v) is 3.03. The van der Waals surface area contributed by atoms with Crippen molar-refractivity contribution in [1.82, 2.24) is 0 Å².